The van der Waals surface area contributed by atoms with Crippen LogP contribution in [0.25, 0.3) is 0 Å². The quantitative estimate of drug-likeness (QED) is 0.742. The number of anilines is 1. The molecule has 1 aliphatic heterocycles. The van der Waals surface area contributed by atoms with Gasteiger partial charge in [-0.25, -0.2) is 0 Å². The minimum absolute atomic E-state index is 0.0711. The van der Waals surface area contributed by atoms with Gasteiger partial charge >= 0.3 is 0 Å². The van der Waals surface area contributed by atoms with Crippen molar-refractivity contribution < 1.29 is 9.59 Å². The highest BCUT2D eigenvalue weighted by molar-refractivity contribution is 6.04. The average molecular weight is 407 g/mol. The summed E-state index contributed by atoms with van der Waals surface area (Å²) in [5, 5.41) is 5.94. The Bertz CT molecular complexity index is 867. The van der Waals surface area contributed by atoms with E-state index in [0.717, 1.165) is 52.0 Å². The predicted octanol–water partition coefficient (Wildman–Crippen LogP) is 2.73. The number of amides is 2. The van der Waals surface area contributed by atoms with Crippen molar-refractivity contribution in [2.24, 2.45) is 0 Å². The molecule has 1 aliphatic carbocycles. The van der Waals surface area contributed by atoms with Crippen LogP contribution in [-0.2, 0) is 11.3 Å². The Labute approximate surface area is 178 Å². The summed E-state index contributed by atoms with van der Waals surface area (Å²) in [7, 11) is 0. The van der Waals surface area contributed by atoms with Crippen LogP contribution >= 0.6 is 0 Å². The topological polar surface area (TPSA) is 64.7 Å². The van der Waals surface area contributed by atoms with Crippen molar-refractivity contribution in [2.75, 3.05) is 38.0 Å². The van der Waals surface area contributed by atoms with Crippen LogP contribution in [0.15, 0.2) is 54.6 Å². The Kier molecular flexibility index (Phi) is 6.77. The fourth-order valence-corrected chi connectivity index (χ4v) is 3.86. The lowest BCUT2D eigenvalue weighted by molar-refractivity contribution is -0.117. The maximum Gasteiger partial charge on any atom is 0.253 e. The fourth-order valence-electron chi connectivity index (χ4n) is 3.86. The van der Waals surface area contributed by atoms with Gasteiger partial charge in [0.1, 0.15) is 0 Å². The third kappa shape index (κ3) is 5.90. The molecular weight excluding hydrogens is 376 g/mol. The first-order valence-corrected chi connectivity index (χ1v) is 10.9. The molecule has 2 aliphatic rings. The summed E-state index contributed by atoms with van der Waals surface area (Å²) in [6.07, 6.45) is 3.12. The summed E-state index contributed by atoms with van der Waals surface area (Å²) < 4.78 is 0. The molecule has 6 nitrogen and oxygen atoms in total. The molecule has 2 amide bonds. The van der Waals surface area contributed by atoms with Gasteiger partial charge in [0.05, 0.1) is 17.8 Å². The molecule has 30 heavy (non-hydrogen) atoms. The lowest BCUT2D eigenvalue weighted by Gasteiger charge is -2.21. The van der Waals surface area contributed by atoms with Crippen molar-refractivity contribution in [2.45, 2.75) is 31.8 Å². The predicted molar refractivity (Wildman–Crippen MR) is 118 cm³/mol. The zero-order valence-corrected chi connectivity index (χ0v) is 17.3. The highest BCUT2D eigenvalue weighted by Crippen LogP contribution is 2.21. The first kappa shape index (κ1) is 20.6. The van der Waals surface area contributed by atoms with Gasteiger partial charge in [0.25, 0.3) is 5.91 Å². The number of hydrogen-bond donors (Lipinski definition) is 2. The Morgan fingerprint density at radius 1 is 0.867 bits per heavy atom. The second kappa shape index (κ2) is 9.87. The lowest BCUT2D eigenvalue weighted by atomic mass is 10.1. The summed E-state index contributed by atoms with van der Waals surface area (Å²) in [6, 6.07) is 18.0. The molecule has 4 rings (SSSR count). The molecule has 1 saturated heterocycles. The Morgan fingerprint density at radius 2 is 1.57 bits per heavy atom. The molecule has 2 N–H and O–H groups in total. The number of carbonyl (C=O) groups is 2. The molecular formula is C24H30N4O2. The van der Waals surface area contributed by atoms with E-state index in [1.165, 1.54) is 5.56 Å². The van der Waals surface area contributed by atoms with Crippen molar-refractivity contribution in [3.05, 3.63) is 65.7 Å². The first-order valence-electron chi connectivity index (χ1n) is 10.9. The van der Waals surface area contributed by atoms with Gasteiger partial charge in [-0.05, 0) is 50.0 Å². The smallest absolute Gasteiger partial charge is 0.253 e. The SMILES string of the molecule is O=C(CN1CCCN(Cc2ccccc2)CC1)Nc1ccccc1C(=O)NC1CC1. The van der Waals surface area contributed by atoms with Gasteiger partial charge in [-0.15, -0.1) is 0 Å². The number of nitrogens with one attached hydrogen (secondary N) is 2. The van der Waals surface area contributed by atoms with E-state index in [2.05, 4.69) is 44.7 Å². The van der Waals surface area contributed by atoms with Crippen molar-refractivity contribution >= 4 is 17.5 Å². The Morgan fingerprint density at radius 3 is 2.37 bits per heavy atom. The summed E-state index contributed by atoms with van der Waals surface area (Å²) >= 11 is 0. The van der Waals surface area contributed by atoms with Crippen LogP contribution in [0.4, 0.5) is 5.69 Å². The zero-order valence-electron chi connectivity index (χ0n) is 17.3. The van der Waals surface area contributed by atoms with Gasteiger partial charge < -0.3 is 10.6 Å². The van der Waals surface area contributed by atoms with Gasteiger partial charge in [0, 0.05) is 25.7 Å². The minimum Gasteiger partial charge on any atom is -0.349 e. The molecule has 0 aromatic heterocycles. The number of benzene rings is 2. The summed E-state index contributed by atoms with van der Waals surface area (Å²) in [4.78, 5) is 29.8. The molecule has 0 atom stereocenters. The number of nitrogens with zero attached hydrogens (tertiary/aromatic N) is 2. The van der Waals surface area contributed by atoms with Crippen molar-refractivity contribution in [1.82, 2.24) is 15.1 Å². The van der Waals surface area contributed by atoms with Gasteiger partial charge in [-0.2, -0.15) is 0 Å². The monoisotopic (exact) mass is 406 g/mol. The summed E-state index contributed by atoms with van der Waals surface area (Å²) in [6.45, 7) is 5.05. The highest BCUT2D eigenvalue weighted by Gasteiger charge is 2.25. The average Bonchev–Trinajstić information content (AvgIpc) is 3.58. The number of rotatable bonds is 7. The van der Waals surface area contributed by atoms with E-state index >= 15 is 0 Å². The Balaban J connectivity index is 1.29. The molecule has 2 fully saturated rings. The van der Waals surface area contributed by atoms with Crippen LogP contribution in [-0.4, -0.2) is 60.4 Å². The number of hydrogen-bond acceptors (Lipinski definition) is 4. The van der Waals surface area contributed by atoms with E-state index < -0.39 is 0 Å². The lowest BCUT2D eigenvalue weighted by Crippen LogP contribution is -2.36. The molecule has 1 heterocycles. The van der Waals surface area contributed by atoms with Crippen LogP contribution in [0.5, 0.6) is 0 Å². The molecule has 0 spiro atoms. The summed E-state index contributed by atoms with van der Waals surface area (Å²) in [5.74, 6) is -0.182. The highest BCUT2D eigenvalue weighted by atomic mass is 16.2. The van der Waals surface area contributed by atoms with E-state index in [1.807, 2.05) is 18.2 Å². The zero-order chi connectivity index (χ0) is 20.8. The van der Waals surface area contributed by atoms with Crippen LogP contribution in [0, 0.1) is 0 Å². The van der Waals surface area contributed by atoms with Gasteiger partial charge in [-0.1, -0.05) is 42.5 Å². The van der Waals surface area contributed by atoms with Gasteiger partial charge in [-0.3, -0.25) is 19.4 Å². The largest absolute Gasteiger partial charge is 0.349 e. The van der Waals surface area contributed by atoms with Crippen molar-refractivity contribution in [3.8, 4) is 0 Å². The van der Waals surface area contributed by atoms with Gasteiger partial charge in [0.2, 0.25) is 5.91 Å². The second-order valence-electron chi connectivity index (χ2n) is 8.23. The van der Waals surface area contributed by atoms with E-state index in [1.54, 1.807) is 12.1 Å². The Hall–Kier alpha value is -2.70. The van der Waals surface area contributed by atoms with E-state index in [-0.39, 0.29) is 17.9 Å². The van der Waals surface area contributed by atoms with E-state index in [4.69, 9.17) is 0 Å². The van der Waals surface area contributed by atoms with Crippen LogP contribution in [0.1, 0.15) is 35.2 Å². The normalized spacial score (nSPS) is 17.9. The molecule has 0 bridgehead atoms. The molecule has 158 valence electrons. The van der Waals surface area contributed by atoms with E-state index in [9.17, 15) is 9.59 Å². The molecule has 1 saturated carbocycles. The van der Waals surface area contributed by atoms with Gasteiger partial charge in [0.15, 0.2) is 0 Å². The van der Waals surface area contributed by atoms with Crippen molar-refractivity contribution in [3.63, 3.8) is 0 Å². The molecule has 0 unspecified atom stereocenters. The molecule has 2 aromatic rings. The van der Waals surface area contributed by atoms with Crippen molar-refractivity contribution in [1.29, 1.82) is 0 Å². The third-order valence-electron chi connectivity index (χ3n) is 5.66. The minimum atomic E-state index is -0.111. The summed E-state index contributed by atoms with van der Waals surface area (Å²) in [5.41, 5.74) is 2.44. The second-order valence-corrected chi connectivity index (χ2v) is 8.23. The van der Waals surface area contributed by atoms with Crippen LogP contribution in [0.2, 0.25) is 0 Å². The maximum atomic E-state index is 12.7. The van der Waals surface area contributed by atoms with Crippen LogP contribution in [0.3, 0.4) is 0 Å². The maximum absolute atomic E-state index is 12.7. The third-order valence-corrected chi connectivity index (χ3v) is 5.66. The van der Waals surface area contributed by atoms with Crippen LogP contribution < -0.4 is 10.6 Å². The standard InChI is InChI=1S/C24H30N4O2/c29-23(26-22-10-5-4-9-21(22)24(30)25-20-11-12-20)18-28-14-6-13-27(15-16-28)17-19-7-2-1-3-8-19/h1-5,7-10,20H,6,11-18H2,(H,25,30)(H,26,29). The molecule has 6 heteroatoms. The molecule has 0 radical (unpaired) electrons. The first-order chi connectivity index (χ1) is 14.7. The fraction of sp³-hybridized carbons (Fsp3) is 0.417. The molecule has 2 aromatic carbocycles. The van der Waals surface area contributed by atoms with E-state index in [0.29, 0.717) is 17.8 Å². The number of carbonyl (C=O) groups excluding carboxylic acids is 2. The number of para-hydroxylation sites is 1.